The Kier molecular flexibility index (Phi) is 9.85. The van der Waals surface area contributed by atoms with Crippen molar-refractivity contribution >= 4 is 81.9 Å². The van der Waals surface area contributed by atoms with Gasteiger partial charge in [-0.25, -0.2) is 0 Å². The minimum atomic E-state index is -1.61. The summed E-state index contributed by atoms with van der Waals surface area (Å²) in [6.45, 7) is 0. The minimum Gasteiger partial charge on any atom is -0.328 e. The molecule has 0 atom stereocenters. The van der Waals surface area contributed by atoms with Gasteiger partial charge in [0.15, 0.2) is 4.84 Å². The molecule has 10 heavy (non-hydrogen) atoms. The van der Waals surface area contributed by atoms with Crippen LogP contribution in [0.15, 0.2) is 0 Å². The Bertz CT molecular complexity index is 87.0. The fourth-order valence-corrected chi connectivity index (χ4v) is 0.655. The van der Waals surface area contributed by atoms with Crippen LogP contribution in [-0.4, -0.2) is 39.3 Å². The van der Waals surface area contributed by atoms with Crippen molar-refractivity contribution in [3.8, 4) is 0 Å². The van der Waals surface area contributed by atoms with E-state index in [2.05, 4.69) is 4.74 Å². The monoisotopic (exact) mass is 350 g/mol. The predicted molar refractivity (Wildman–Crippen MR) is 47.5 cm³/mol. The molecule has 0 aliphatic heterocycles. The van der Waals surface area contributed by atoms with Crippen molar-refractivity contribution in [2.75, 3.05) is 6.07 Å². The van der Waals surface area contributed by atoms with Gasteiger partial charge in [-0.3, -0.25) is 0 Å². The molecule has 0 N–H and O–H groups in total. The van der Waals surface area contributed by atoms with Gasteiger partial charge < -0.3 is 4.74 Å². The number of hydrogen-bond acceptors (Lipinski definition) is 1. The van der Waals surface area contributed by atoms with E-state index in [4.69, 9.17) is 58.0 Å². The standard InChI is InChI=1S/C3H3Cl5O.Sn/c4-1-9-3(7,8)2(5)6;/h2H,1H2;. The third-order valence-corrected chi connectivity index (χ3v) is 2.33. The summed E-state index contributed by atoms with van der Waals surface area (Å²) >= 11 is 26.4. The van der Waals surface area contributed by atoms with Crippen molar-refractivity contribution < 1.29 is 4.74 Å². The first kappa shape index (κ1) is 14.7. The van der Waals surface area contributed by atoms with Gasteiger partial charge in [0.1, 0.15) is 6.07 Å². The molecular formula is C3H3Cl5OSn. The van der Waals surface area contributed by atoms with E-state index in [1.165, 1.54) is 0 Å². The van der Waals surface area contributed by atoms with Crippen LogP contribution in [0.3, 0.4) is 0 Å². The van der Waals surface area contributed by atoms with Gasteiger partial charge in [-0.1, -0.05) is 58.0 Å². The van der Waals surface area contributed by atoms with Crippen molar-refractivity contribution in [1.82, 2.24) is 0 Å². The zero-order valence-electron chi connectivity index (χ0n) is 4.58. The Morgan fingerprint density at radius 3 is 1.80 bits per heavy atom. The normalized spacial score (nSPS) is 11.4. The second-order valence-electron chi connectivity index (χ2n) is 1.12. The fourth-order valence-electron chi connectivity index (χ4n) is 0.136. The number of ether oxygens (including phenoxy) is 1. The van der Waals surface area contributed by atoms with Gasteiger partial charge in [0.05, 0.1) is 0 Å². The molecule has 0 saturated carbocycles. The quantitative estimate of drug-likeness (QED) is 0.561. The average Bonchev–Trinajstić information content (AvgIpc) is 1.65. The maximum absolute atomic E-state index is 5.37. The Labute approximate surface area is 101 Å². The maximum atomic E-state index is 5.37. The van der Waals surface area contributed by atoms with Gasteiger partial charge in [0.25, 0.3) is 0 Å². The Balaban J connectivity index is 0. The second-order valence-corrected chi connectivity index (χ2v) is 3.75. The smallest absolute Gasteiger partial charge is 0.249 e. The number of alkyl halides is 5. The van der Waals surface area contributed by atoms with E-state index in [1.807, 2.05) is 0 Å². The summed E-state index contributed by atoms with van der Waals surface area (Å²) in [5.41, 5.74) is 0. The van der Waals surface area contributed by atoms with Gasteiger partial charge in [0.2, 0.25) is 4.52 Å². The van der Waals surface area contributed by atoms with E-state index in [9.17, 15) is 0 Å². The average molecular weight is 351 g/mol. The van der Waals surface area contributed by atoms with Gasteiger partial charge in [-0.2, -0.15) is 0 Å². The first-order chi connectivity index (χ1) is 4.00. The molecule has 0 bridgehead atoms. The SMILES string of the molecule is ClCOC(Cl)(Cl)C(Cl)Cl.[Sn]. The number of hydrogen-bond donors (Lipinski definition) is 0. The first-order valence-corrected chi connectivity index (χ1v) is 4.03. The molecular weight excluding hydrogens is 348 g/mol. The topological polar surface area (TPSA) is 9.23 Å². The van der Waals surface area contributed by atoms with E-state index in [-0.39, 0.29) is 30.0 Å². The molecule has 0 aromatic heterocycles. The number of rotatable bonds is 3. The number of halogens is 5. The van der Waals surface area contributed by atoms with E-state index in [1.54, 1.807) is 0 Å². The molecule has 0 heterocycles. The summed E-state index contributed by atoms with van der Waals surface area (Å²) in [4.78, 5) is -1.01. The Hall–Kier alpha value is 2.21. The van der Waals surface area contributed by atoms with Crippen LogP contribution in [-0.2, 0) is 4.74 Å². The zero-order chi connectivity index (χ0) is 7.49. The van der Waals surface area contributed by atoms with Crippen LogP contribution in [0.5, 0.6) is 0 Å². The molecule has 0 aromatic carbocycles. The van der Waals surface area contributed by atoms with Crippen LogP contribution < -0.4 is 0 Å². The Morgan fingerprint density at radius 1 is 1.30 bits per heavy atom. The van der Waals surface area contributed by atoms with Crippen LogP contribution >= 0.6 is 58.0 Å². The third-order valence-electron chi connectivity index (χ3n) is 0.501. The van der Waals surface area contributed by atoms with Crippen molar-refractivity contribution in [3.63, 3.8) is 0 Å². The van der Waals surface area contributed by atoms with Gasteiger partial charge >= 0.3 is 0 Å². The largest absolute Gasteiger partial charge is 0.328 e. The molecule has 0 saturated heterocycles. The maximum Gasteiger partial charge on any atom is 0.249 e. The first-order valence-electron chi connectivity index (χ1n) is 1.86. The molecule has 0 spiro atoms. The summed E-state index contributed by atoms with van der Waals surface area (Å²) in [5, 5.41) is 0. The van der Waals surface area contributed by atoms with Crippen molar-refractivity contribution in [1.29, 1.82) is 0 Å². The van der Waals surface area contributed by atoms with Crippen molar-refractivity contribution in [2.24, 2.45) is 0 Å². The summed E-state index contributed by atoms with van der Waals surface area (Å²) < 4.78 is 2.92. The molecule has 0 aliphatic carbocycles. The van der Waals surface area contributed by atoms with Crippen molar-refractivity contribution in [2.45, 2.75) is 9.36 Å². The van der Waals surface area contributed by atoms with E-state index in [0.29, 0.717) is 0 Å². The molecule has 0 amide bonds. The minimum absolute atomic E-state index is 0. The molecule has 1 nitrogen and oxygen atoms in total. The molecule has 0 unspecified atom stereocenters. The van der Waals surface area contributed by atoms with Crippen LogP contribution in [0.4, 0.5) is 0 Å². The predicted octanol–water partition coefficient (Wildman–Crippen LogP) is 2.75. The second kappa shape index (κ2) is 6.70. The molecule has 0 rings (SSSR count). The third kappa shape index (κ3) is 5.81. The summed E-state index contributed by atoms with van der Waals surface area (Å²) in [6, 6.07) is -0.150. The zero-order valence-corrected chi connectivity index (χ0v) is 11.2. The molecule has 0 fully saturated rings. The molecule has 4 radical (unpaired) electrons. The van der Waals surface area contributed by atoms with Gasteiger partial charge in [0, 0.05) is 23.9 Å². The van der Waals surface area contributed by atoms with E-state index in [0.717, 1.165) is 0 Å². The van der Waals surface area contributed by atoms with Gasteiger partial charge in [-0.05, 0) is 0 Å². The van der Waals surface area contributed by atoms with E-state index >= 15 is 0 Å². The summed E-state index contributed by atoms with van der Waals surface area (Å²) in [7, 11) is 0. The van der Waals surface area contributed by atoms with Crippen LogP contribution in [0.1, 0.15) is 0 Å². The summed E-state index contributed by atoms with van der Waals surface area (Å²) in [5.74, 6) is 0. The molecule has 0 aromatic rings. The van der Waals surface area contributed by atoms with Crippen LogP contribution in [0.25, 0.3) is 0 Å². The fraction of sp³-hybridized carbons (Fsp3) is 1.00. The van der Waals surface area contributed by atoms with Crippen LogP contribution in [0.2, 0.25) is 0 Å². The van der Waals surface area contributed by atoms with E-state index < -0.39 is 9.36 Å². The molecule has 60 valence electrons. The molecule has 7 heteroatoms. The molecule has 0 aliphatic rings. The van der Waals surface area contributed by atoms with Crippen molar-refractivity contribution in [3.05, 3.63) is 0 Å². The summed E-state index contributed by atoms with van der Waals surface area (Å²) in [6.07, 6.45) is 0. The van der Waals surface area contributed by atoms with Crippen LogP contribution in [0, 0.1) is 0 Å². The Morgan fingerprint density at radius 2 is 1.70 bits per heavy atom. The van der Waals surface area contributed by atoms with Gasteiger partial charge in [-0.15, -0.1) is 0 Å².